The van der Waals surface area contributed by atoms with Crippen molar-refractivity contribution in [2.75, 3.05) is 5.88 Å². The molecular formula is C11H12ClF3S. The van der Waals surface area contributed by atoms with Crippen LogP contribution in [0.5, 0.6) is 0 Å². The fraction of sp³-hybridized carbons (Fsp3) is 0.455. The SMILES string of the molecule is Cc1cc(CCCCl)ccc1SC(F)(F)F. The van der Waals surface area contributed by atoms with Crippen LogP contribution in [0.3, 0.4) is 0 Å². The van der Waals surface area contributed by atoms with Crippen LogP contribution in [0.2, 0.25) is 0 Å². The summed E-state index contributed by atoms with van der Waals surface area (Å²) in [5.41, 5.74) is -2.53. The summed E-state index contributed by atoms with van der Waals surface area (Å²) in [6, 6.07) is 5.05. The van der Waals surface area contributed by atoms with Crippen LogP contribution in [0.1, 0.15) is 17.5 Å². The van der Waals surface area contributed by atoms with Crippen LogP contribution < -0.4 is 0 Å². The zero-order chi connectivity index (χ0) is 12.2. The summed E-state index contributed by atoms with van der Waals surface area (Å²) < 4.78 is 36.5. The molecule has 0 saturated heterocycles. The summed E-state index contributed by atoms with van der Waals surface area (Å²) in [5.74, 6) is 0.568. The summed E-state index contributed by atoms with van der Waals surface area (Å²) in [7, 11) is 0. The van der Waals surface area contributed by atoms with Crippen LogP contribution in [0.4, 0.5) is 13.2 Å². The first-order valence-electron chi connectivity index (χ1n) is 4.83. The van der Waals surface area contributed by atoms with Crippen LogP contribution in [-0.4, -0.2) is 11.4 Å². The van der Waals surface area contributed by atoms with Crippen molar-refractivity contribution < 1.29 is 13.2 Å². The molecule has 0 aliphatic rings. The monoisotopic (exact) mass is 268 g/mol. The maximum absolute atomic E-state index is 12.2. The standard InChI is InChI=1S/C11H12ClF3S/c1-8-7-9(3-2-6-12)4-5-10(8)16-11(13,14)15/h4-5,7H,2-3,6H2,1H3. The summed E-state index contributed by atoms with van der Waals surface area (Å²) >= 11 is 5.49. The highest BCUT2D eigenvalue weighted by atomic mass is 35.5. The fourth-order valence-corrected chi connectivity index (χ4v) is 2.12. The van der Waals surface area contributed by atoms with E-state index in [-0.39, 0.29) is 16.7 Å². The van der Waals surface area contributed by atoms with E-state index < -0.39 is 5.51 Å². The van der Waals surface area contributed by atoms with E-state index in [1.807, 2.05) is 0 Å². The Hall–Kier alpha value is -0.350. The molecule has 1 aromatic rings. The van der Waals surface area contributed by atoms with Gasteiger partial charge in [0, 0.05) is 10.8 Å². The first-order valence-corrected chi connectivity index (χ1v) is 6.19. The highest BCUT2D eigenvalue weighted by molar-refractivity contribution is 8.00. The van der Waals surface area contributed by atoms with E-state index in [0.717, 1.165) is 18.4 Å². The van der Waals surface area contributed by atoms with Gasteiger partial charge < -0.3 is 0 Å². The third-order valence-corrected chi connectivity index (χ3v) is 3.24. The summed E-state index contributed by atoms with van der Waals surface area (Å²) in [5, 5.41) is 0. The first-order chi connectivity index (χ1) is 7.42. The number of alkyl halides is 4. The molecule has 0 aromatic heterocycles. The Balaban J connectivity index is 2.75. The third-order valence-electron chi connectivity index (χ3n) is 2.06. The Morgan fingerprint density at radius 3 is 2.50 bits per heavy atom. The van der Waals surface area contributed by atoms with Gasteiger partial charge in [-0.15, -0.1) is 11.6 Å². The molecule has 16 heavy (non-hydrogen) atoms. The molecule has 0 spiro atoms. The normalized spacial score (nSPS) is 11.8. The Morgan fingerprint density at radius 1 is 1.31 bits per heavy atom. The van der Waals surface area contributed by atoms with Crippen molar-refractivity contribution in [3.05, 3.63) is 29.3 Å². The third kappa shape index (κ3) is 4.66. The molecule has 0 heterocycles. The zero-order valence-electron chi connectivity index (χ0n) is 8.77. The molecule has 1 rings (SSSR count). The van der Waals surface area contributed by atoms with Crippen molar-refractivity contribution in [1.29, 1.82) is 0 Å². The largest absolute Gasteiger partial charge is 0.446 e. The van der Waals surface area contributed by atoms with Gasteiger partial charge in [-0.05, 0) is 48.7 Å². The van der Waals surface area contributed by atoms with Crippen LogP contribution in [-0.2, 0) is 6.42 Å². The van der Waals surface area contributed by atoms with Gasteiger partial charge in [-0.3, -0.25) is 0 Å². The van der Waals surface area contributed by atoms with Crippen LogP contribution in [0, 0.1) is 6.92 Å². The predicted molar refractivity (Wildman–Crippen MR) is 62.1 cm³/mol. The number of halogens is 4. The van der Waals surface area contributed by atoms with E-state index in [4.69, 9.17) is 11.6 Å². The van der Waals surface area contributed by atoms with Gasteiger partial charge in [-0.25, -0.2) is 0 Å². The molecule has 5 heteroatoms. The van der Waals surface area contributed by atoms with E-state index >= 15 is 0 Å². The summed E-state index contributed by atoms with van der Waals surface area (Å²) in [4.78, 5) is 0.266. The lowest BCUT2D eigenvalue weighted by molar-refractivity contribution is -0.0328. The molecular weight excluding hydrogens is 257 g/mol. The minimum atomic E-state index is -4.22. The number of hydrogen-bond donors (Lipinski definition) is 0. The number of rotatable bonds is 4. The second kappa shape index (κ2) is 5.82. The van der Waals surface area contributed by atoms with Crippen molar-refractivity contribution in [2.24, 2.45) is 0 Å². The van der Waals surface area contributed by atoms with E-state index in [2.05, 4.69) is 0 Å². The first kappa shape index (κ1) is 13.7. The maximum Gasteiger partial charge on any atom is 0.446 e. The summed E-state index contributed by atoms with van der Waals surface area (Å²) in [6.45, 7) is 1.69. The molecule has 0 N–H and O–H groups in total. The Bertz CT molecular complexity index is 350. The molecule has 0 saturated carbocycles. The van der Waals surface area contributed by atoms with Crippen molar-refractivity contribution >= 4 is 23.4 Å². The molecule has 1 aromatic carbocycles. The molecule has 0 radical (unpaired) electrons. The van der Waals surface area contributed by atoms with Gasteiger partial charge >= 0.3 is 5.51 Å². The highest BCUT2D eigenvalue weighted by Gasteiger charge is 2.29. The lowest BCUT2D eigenvalue weighted by Gasteiger charge is -2.09. The number of thioether (sulfide) groups is 1. The van der Waals surface area contributed by atoms with Crippen molar-refractivity contribution in [2.45, 2.75) is 30.2 Å². The molecule has 0 unspecified atom stereocenters. The van der Waals surface area contributed by atoms with Gasteiger partial charge in [0.05, 0.1) is 0 Å². The molecule has 0 aliphatic heterocycles. The molecule has 0 amide bonds. The van der Waals surface area contributed by atoms with E-state index in [0.29, 0.717) is 11.4 Å². The van der Waals surface area contributed by atoms with Crippen molar-refractivity contribution in [3.8, 4) is 0 Å². The quantitative estimate of drug-likeness (QED) is 0.559. The minimum absolute atomic E-state index is 0.0662. The lowest BCUT2D eigenvalue weighted by Crippen LogP contribution is -2.00. The van der Waals surface area contributed by atoms with Gasteiger partial charge in [0.25, 0.3) is 0 Å². The highest BCUT2D eigenvalue weighted by Crippen LogP contribution is 2.38. The number of aryl methyl sites for hydroxylation is 2. The van der Waals surface area contributed by atoms with Crippen LogP contribution in [0.15, 0.2) is 23.1 Å². The van der Waals surface area contributed by atoms with Gasteiger partial charge in [0.2, 0.25) is 0 Å². The molecule has 0 atom stereocenters. The smallest absolute Gasteiger partial charge is 0.160 e. The predicted octanol–water partition coefficient (Wildman–Crippen LogP) is 4.78. The van der Waals surface area contributed by atoms with E-state index in [1.165, 1.54) is 6.07 Å². The Labute approximate surface area is 102 Å². The molecule has 0 fully saturated rings. The van der Waals surface area contributed by atoms with Gasteiger partial charge in [-0.1, -0.05) is 12.1 Å². The molecule has 0 aliphatic carbocycles. The average molecular weight is 269 g/mol. The average Bonchev–Trinajstić information content (AvgIpc) is 2.17. The maximum atomic E-state index is 12.2. The van der Waals surface area contributed by atoms with Gasteiger partial charge in [0.15, 0.2) is 0 Å². The van der Waals surface area contributed by atoms with Gasteiger partial charge in [-0.2, -0.15) is 13.2 Å². The second-order valence-electron chi connectivity index (χ2n) is 3.44. The Kier molecular flexibility index (Phi) is 4.99. The van der Waals surface area contributed by atoms with Crippen LogP contribution in [0.25, 0.3) is 0 Å². The molecule has 90 valence electrons. The van der Waals surface area contributed by atoms with E-state index in [9.17, 15) is 13.2 Å². The second-order valence-corrected chi connectivity index (χ2v) is 4.93. The number of hydrogen-bond acceptors (Lipinski definition) is 1. The fourth-order valence-electron chi connectivity index (χ4n) is 1.38. The van der Waals surface area contributed by atoms with Crippen molar-refractivity contribution in [3.63, 3.8) is 0 Å². The van der Waals surface area contributed by atoms with Crippen molar-refractivity contribution in [1.82, 2.24) is 0 Å². The Morgan fingerprint density at radius 2 is 2.00 bits per heavy atom. The molecule has 0 bridgehead atoms. The topological polar surface area (TPSA) is 0 Å². The van der Waals surface area contributed by atoms with E-state index in [1.54, 1.807) is 19.1 Å². The summed E-state index contributed by atoms with van der Waals surface area (Å²) in [6.07, 6.45) is 1.65. The zero-order valence-corrected chi connectivity index (χ0v) is 10.3. The van der Waals surface area contributed by atoms with Crippen LogP contribution >= 0.6 is 23.4 Å². The van der Waals surface area contributed by atoms with Gasteiger partial charge in [0.1, 0.15) is 0 Å². The minimum Gasteiger partial charge on any atom is -0.160 e. The molecule has 0 nitrogen and oxygen atoms in total. The lowest BCUT2D eigenvalue weighted by atomic mass is 10.1. The number of benzene rings is 1.